The van der Waals surface area contributed by atoms with Gasteiger partial charge in [0.1, 0.15) is 4.88 Å². The zero-order valence-corrected chi connectivity index (χ0v) is 17.0. The third-order valence-electron chi connectivity index (χ3n) is 4.54. The predicted molar refractivity (Wildman–Crippen MR) is 95.8 cm³/mol. The third kappa shape index (κ3) is 4.54. The molecule has 1 aromatic rings. The van der Waals surface area contributed by atoms with E-state index in [2.05, 4.69) is 38.8 Å². The fraction of sp³-hybridized carbons (Fsp3) is 0.733. The van der Waals surface area contributed by atoms with E-state index in [0.717, 1.165) is 0 Å². The standard InChI is InChI=1S/C15H25ClN2O3SSi/c1-15(2,3)23(4,5)21-10-11-12(22-14(16)17-11)13(19)18-6-8-20-9-7-18/h6-10H2,1-5H3. The summed E-state index contributed by atoms with van der Waals surface area (Å²) >= 11 is 7.29. The molecule has 2 heterocycles. The fourth-order valence-corrected chi connectivity index (χ4v) is 3.99. The summed E-state index contributed by atoms with van der Waals surface area (Å²) in [5.41, 5.74) is 0.654. The van der Waals surface area contributed by atoms with Crippen LogP contribution in [0.3, 0.4) is 0 Å². The van der Waals surface area contributed by atoms with Crippen LogP contribution in [0.2, 0.25) is 22.6 Å². The Labute approximate surface area is 148 Å². The monoisotopic (exact) mass is 376 g/mol. The number of halogens is 1. The van der Waals surface area contributed by atoms with E-state index < -0.39 is 8.32 Å². The van der Waals surface area contributed by atoms with Gasteiger partial charge in [0.25, 0.3) is 5.91 Å². The molecule has 1 amide bonds. The highest BCUT2D eigenvalue weighted by Crippen LogP contribution is 2.37. The first kappa shape index (κ1) is 18.9. The maximum atomic E-state index is 12.7. The molecule has 0 aliphatic carbocycles. The molecule has 23 heavy (non-hydrogen) atoms. The smallest absolute Gasteiger partial charge is 0.266 e. The Morgan fingerprint density at radius 1 is 1.39 bits per heavy atom. The summed E-state index contributed by atoms with van der Waals surface area (Å²) in [4.78, 5) is 19.4. The first-order valence-corrected chi connectivity index (χ1v) is 11.9. The van der Waals surface area contributed by atoms with E-state index >= 15 is 0 Å². The van der Waals surface area contributed by atoms with Gasteiger partial charge in [0.05, 0.1) is 25.5 Å². The number of hydrogen-bond acceptors (Lipinski definition) is 5. The van der Waals surface area contributed by atoms with Gasteiger partial charge in [-0.05, 0) is 18.1 Å². The van der Waals surface area contributed by atoms with Crippen LogP contribution in [0, 0.1) is 0 Å². The van der Waals surface area contributed by atoms with Crippen molar-refractivity contribution in [1.29, 1.82) is 0 Å². The molecule has 1 aliphatic rings. The van der Waals surface area contributed by atoms with Gasteiger partial charge in [0.2, 0.25) is 0 Å². The van der Waals surface area contributed by atoms with E-state index in [-0.39, 0.29) is 10.9 Å². The van der Waals surface area contributed by atoms with Crippen molar-refractivity contribution in [2.75, 3.05) is 26.3 Å². The zero-order valence-electron chi connectivity index (χ0n) is 14.4. The number of nitrogens with zero attached hydrogens (tertiary/aromatic N) is 2. The average Bonchev–Trinajstić information content (AvgIpc) is 2.85. The summed E-state index contributed by atoms with van der Waals surface area (Å²) in [6.45, 7) is 13.6. The number of carbonyl (C=O) groups excluding carboxylic acids is 1. The highest BCUT2D eigenvalue weighted by molar-refractivity contribution is 7.17. The minimum atomic E-state index is -1.90. The number of thiazole rings is 1. The minimum absolute atomic E-state index is 0.0217. The number of carbonyl (C=O) groups is 1. The molecule has 2 rings (SSSR count). The number of ether oxygens (including phenoxy) is 1. The lowest BCUT2D eigenvalue weighted by Crippen LogP contribution is -2.41. The molecule has 0 unspecified atom stereocenters. The molecule has 5 nitrogen and oxygen atoms in total. The second-order valence-electron chi connectivity index (χ2n) is 7.20. The van der Waals surface area contributed by atoms with Gasteiger partial charge in [-0.15, -0.1) is 0 Å². The Bertz CT molecular complexity index is 566. The van der Waals surface area contributed by atoms with E-state index in [0.29, 0.717) is 47.9 Å². The Morgan fingerprint density at radius 3 is 2.57 bits per heavy atom. The van der Waals surface area contributed by atoms with E-state index in [1.165, 1.54) is 11.3 Å². The van der Waals surface area contributed by atoms with Crippen molar-refractivity contribution in [3.8, 4) is 0 Å². The van der Waals surface area contributed by atoms with Gasteiger partial charge in [0, 0.05) is 13.1 Å². The van der Waals surface area contributed by atoms with E-state index in [1.807, 2.05) is 0 Å². The number of amides is 1. The van der Waals surface area contributed by atoms with Crippen LogP contribution < -0.4 is 0 Å². The van der Waals surface area contributed by atoms with Crippen LogP contribution in [0.15, 0.2) is 0 Å². The first-order chi connectivity index (χ1) is 10.6. The van der Waals surface area contributed by atoms with Gasteiger partial charge in [0.15, 0.2) is 12.8 Å². The van der Waals surface area contributed by atoms with E-state index in [4.69, 9.17) is 20.8 Å². The predicted octanol–water partition coefficient (Wildman–Crippen LogP) is 3.79. The number of hydrogen-bond donors (Lipinski definition) is 0. The second-order valence-corrected chi connectivity index (χ2v) is 13.6. The molecule has 1 aromatic heterocycles. The largest absolute Gasteiger partial charge is 0.411 e. The van der Waals surface area contributed by atoms with Crippen LogP contribution in [0.4, 0.5) is 0 Å². The van der Waals surface area contributed by atoms with Crippen molar-refractivity contribution in [2.24, 2.45) is 0 Å². The Morgan fingerprint density at radius 2 is 2.00 bits per heavy atom. The van der Waals surface area contributed by atoms with Crippen molar-refractivity contribution in [3.05, 3.63) is 15.0 Å². The zero-order chi connectivity index (χ0) is 17.3. The molecule has 1 fully saturated rings. The van der Waals surface area contributed by atoms with Gasteiger partial charge in [-0.2, -0.15) is 0 Å². The summed E-state index contributed by atoms with van der Waals surface area (Å²) in [7, 11) is -1.90. The van der Waals surface area contributed by atoms with Crippen molar-refractivity contribution in [3.63, 3.8) is 0 Å². The lowest BCUT2D eigenvalue weighted by molar-refractivity contribution is 0.0304. The quantitative estimate of drug-likeness (QED) is 0.750. The highest BCUT2D eigenvalue weighted by Gasteiger charge is 2.37. The van der Waals surface area contributed by atoms with Gasteiger partial charge < -0.3 is 14.1 Å². The molecule has 130 valence electrons. The van der Waals surface area contributed by atoms with Crippen molar-refractivity contribution in [1.82, 2.24) is 9.88 Å². The van der Waals surface area contributed by atoms with Crippen molar-refractivity contribution < 1.29 is 14.0 Å². The van der Waals surface area contributed by atoms with Crippen molar-refractivity contribution in [2.45, 2.75) is 45.5 Å². The normalized spacial score (nSPS) is 16.7. The van der Waals surface area contributed by atoms with Gasteiger partial charge in [-0.1, -0.05) is 43.7 Å². The highest BCUT2D eigenvalue weighted by atomic mass is 35.5. The van der Waals surface area contributed by atoms with Crippen LogP contribution in [0.5, 0.6) is 0 Å². The Balaban J connectivity index is 2.13. The third-order valence-corrected chi connectivity index (χ3v) is 10.2. The average molecular weight is 377 g/mol. The molecule has 0 radical (unpaired) electrons. The molecule has 0 atom stereocenters. The summed E-state index contributed by atoms with van der Waals surface area (Å²) < 4.78 is 11.9. The summed E-state index contributed by atoms with van der Waals surface area (Å²) in [6, 6.07) is 0. The summed E-state index contributed by atoms with van der Waals surface area (Å²) in [6.07, 6.45) is 0. The van der Waals surface area contributed by atoms with Crippen LogP contribution in [0.1, 0.15) is 36.1 Å². The molecular weight excluding hydrogens is 352 g/mol. The first-order valence-electron chi connectivity index (χ1n) is 7.78. The number of rotatable bonds is 4. The van der Waals surface area contributed by atoms with Crippen LogP contribution >= 0.6 is 22.9 Å². The summed E-state index contributed by atoms with van der Waals surface area (Å²) in [5, 5.41) is 0.112. The van der Waals surface area contributed by atoms with Gasteiger partial charge in [-0.25, -0.2) is 4.98 Å². The summed E-state index contributed by atoms with van der Waals surface area (Å²) in [5.74, 6) is -0.0217. The number of aromatic nitrogens is 1. The van der Waals surface area contributed by atoms with Gasteiger partial charge in [-0.3, -0.25) is 4.79 Å². The molecule has 0 saturated carbocycles. The molecular formula is C15H25ClN2O3SSi. The molecule has 0 spiro atoms. The number of morpholine rings is 1. The molecule has 0 bridgehead atoms. The second kappa shape index (κ2) is 7.19. The van der Waals surface area contributed by atoms with E-state index in [1.54, 1.807) is 4.90 Å². The molecule has 8 heteroatoms. The van der Waals surface area contributed by atoms with Crippen LogP contribution in [-0.2, 0) is 15.8 Å². The molecule has 0 N–H and O–H groups in total. The SMILES string of the molecule is CC(C)(C)[Si](C)(C)OCc1nc(Cl)sc1C(=O)N1CCOCC1. The molecule has 1 aliphatic heterocycles. The Kier molecular flexibility index (Phi) is 5.89. The lowest BCUT2D eigenvalue weighted by Gasteiger charge is -2.36. The molecule has 1 saturated heterocycles. The van der Waals surface area contributed by atoms with Crippen molar-refractivity contribution >= 4 is 37.2 Å². The fourth-order valence-electron chi connectivity index (χ4n) is 1.96. The Hall–Kier alpha value is -0.473. The van der Waals surface area contributed by atoms with E-state index in [9.17, 15) is 4.79 Å². The maximum absolute atomic E-state index is 12.7. The maximum Gasteiger partial charge on any atom is 0.266 e. The lowest BCUT2D eigenvalue weighted by atomic mass is 10.2. The van der Waals surface area contributed by atoms with Gasteiger partial charge >= 0.3 is 0 Å². The molecule has 0 aromatic carbocycles. The van der Waals surface area contributed by atoms with Crippen LogP contribution in [0.25, 0.3) is 0 Å². The van der Waals surface area contributed by atoms with Crippen LogP contribution in [-0.4, -0.2) is 50.4 Å². The topological polar surface area (TPSA) is 51.7 Å². The minimum Gasteiger partial charge on any atom is -0.411 e.